The molecule has 0 saturated carbocycles. The second kappa shape index (κ2) is 6.42. The van der Waals surface area contributed by atoms with Gasteiger partial charge in [0.15, 0.2) is 0 Å². The predicted molar refractivity (Wildman–Crippen MR) is 94.9 cm³/mol. The maximum absolute atomic E-state index is 11.4. The first-order valence-electron chi connectivity index (χ1n) is 7.38. The number of rotatable bonds is 4. The van der Waals surface area contributed by atoms with Crippen molar-refractivity contribution >= 4 is 11.4 Å². The summed E-state index contributed by atoms with van der Waals surface area (Å²) in [5, 5.41) is 11.4. The standard InChI is InChI=1S/C19H16N2O3/c1-24-19-12-15(13-7-3-2-4-8-13)16(11-17(19)20)14-9-5-6-10-18(14)21(22)23/h2-12H,20H2,1H3. The van der Waals surface area contributed by atoms with Gasteiger partial charge in [0.2, 0.25) is 0 Å². The average Bonchev–Trinajstić information content (AvgIpc) is 2.62. The van der Waals surface area contributed by atoms with E-state index in [1.807, 2.05) is 36.4 Å². The average molecular weight is 320 g/mol. The normalized spacial score (nSPS) is 10.4. The molecule has 0 aliphatic carbocycles. The highest BCUT2D eigenvalue weighted by molar-refractivity contribution is 5.90. The van der Waals surface area contributed by atoms with E-state index in [4.69, 9.17) is 10.5 Å². The molecular weight excluding hydrogens is 304 g/mol. The summed E-state index contributed by atoms with van der Waals surface area (Å²) in [7, 11) is 1.55. The molecule has 5 heteroatoms. The van der Waals surface area contributed by atoms with Crippen molar-refractivity contribution in [2.45, 2.75) is 0 Å². The van der Waals surface area contributed by atoms with Crippen molar-refractivity contribution in [3.05, 3.63) is 76.8 Å². The molecule has 0 unspecified atom stereocenters. The molecule has 3 rings (SSSR count). The van der Waals surface area contributed by atoms with Gasteiger partial charge in [-0.15, -0.1) is 0 Å². The lowest BCUT2D eigenvalue weighted by atomic mass is 9.92. The van der Waals surface area contributed by atoms with Crippen molar-refractivity contribution in [2.75, 3.05) is 12.8 Å². The molecule has 0 atom stereocenters. The third kappa shape index (κ3) is 2.79. The van der Waals surface area contributed by atoms with Crippen molar-refractivity contribution in [1.82, 2.24) is 0 Å². The van der Waals surface area contributed by atoms with Gasteiger partial charge in [0.1, 0.15) is 5.75 Å². The predicted octanol–water partition coefficient (Wildman–Crippen LogP) is 4.52. The van der Waals surface area contributed by atoms with Crippen LogP contribution in [0.1, 0.15) is 0 Å². The van der Waals surface area contributed by atoms with E-state index in [1.165, 1.54) is 6.07 Å². The maximum Gasteiger partial charge on any atom is 0.277 e. The minimum absolute atomic E-state index is 0.0410. The number of nitrogens with two attached hydrogens (primary N) is 1. The van der Waals surface area contributed by atoms with Gasteiger partial charge < -0.3 is 10.5 Å². The second-order valence-electron chi connectivity index (χ2n) is 5.28. The number of hydrogen-bond acceptors (Lipinski definition) is 4. The van der Waals surface area contributed by atoms with Gasteiger partial charge in [0.25, 0.3) is 5.69 Å². The van der Waals surface area contributed by atoms with Crippen LogP contribution in [0.2, 0.25) is 0 Å². The third-order valence-corrected chi connectivity index (χ3v) is 3.85. The third-order valence-electron chi connectivity index (χ3n) is 3.85. The summed E-state index contributed by atoms with van der Waals surface area (Å²) in [6.07, 6.45) is 0. The van der Waals surface area contributed by atoms with E-state index < -0.39 is 0 Å². The fraction of sp³-hybridized carbons (Fsp3) is 0.0526. The molecule has 0 fully saturated rings. The van der Waals surface area contributed by atoms with Gasteiger partial charge >= 0.3 is 0 Å². The largest absolute Gasteiger partial charge is 0.495 e. The van der Waals surface area contributed by atoms with Gasteiger partial charge in [-0.05, 0) is 34.9 Å². The summed E-state index contributed by atoms with van der Waals surface area (Å²) in [5.74, 6) is 0.538. The molecule has 24 heavy (non-hydrogen) atoms. The van der Waals surface area contributed by atoms with E-state index >= 15 is 0 Å². The smallest absolute Gasteiger partial charge is 0.277 e. The summed E-state index contributed by atoms with van der Waals surface area (Å²) in [4.78, 5) is 11.0. The number of nitrogens with zero attached hydrogens (tertiary/aromatic N) is 1. The number of anilines is 1. The Kier molecular flexibility index (Phi) is 4.16. The molecule has 120 valence electrons. The van der Waals surface area contributed by atoms with Crippen molar-refractivity contribution in [3.63, 3.8) is 0 Å². The Morgan fingerprint density at radius 1 is 0.917 bits per heavy atom. The van der Waals surface area contributed by atoms with Gasteiger partial charge in [0, 0.05) is 6.07 Å². The Morgan fingerprint density at radius 3 is 2.25 bits per heavy atom. The highest BCUT2D eigenvalue weighted by atomic mass is 16.6. The zero-order chi connectivity index (χ0) is 17.1. The summed E-state index contributed by atoms with van der Waals surface area (Å²) < 4.78 is 5.32. The summed E-state index contributed by atoms with van der Waals surface area (Å²) in [6, 6.07) is 19.8. The van der Waals surface area contributed by atoms with Crippen molar-refractivity contribution in [1.29, 1.82) is 0 Å². The number of benzene rings is 3. The molecule has 0 heterocycles. The van der Waals surface area contributed by atoms with Gasteiger partial charge in [-0.25, -0.2) is 0 Å². The molecular formula is C19H16N2O3. The highest BCUT2D eigenvalue weighted by Crippen LogP contribution is 2.41. The Balaban J connectivity index is 2.32. The van der Waals surface area contributed by atoms with Gasteiger partial charge in [-0.3, -0.25) is 10.1 Å². The van der Waals surface area contributed by atoms with Crippen LogP contribution in [0.3, 0.4) is 0 Å². The van der Waals surface area contributed by atoms with Crippen LogP contribution in [0.15, 0.2) is 66.7 Å². The van der Waals surface area contributed by atoms with Gasteiger partial charge in [-0.2, -0.15) is 0 Å². The van der Waals surface area contributed by atoms with Crippen molar-refractivity contribution < 1.29 is 9.66 Å². The molecule has 0 aliphatic heterocycles. The number of nitrogen functional groups attached to an aromatic ring is 1. The first kappa shape index (κ1) is 15.6. The Hall–Kier alpha value is -3.34. The maximum atomic E-state index is 11.4. The molecule has 0 amide bonds. The van der Waals surface area contributed by atoms with Crippen LogP contribution >= 0.6 is 0 Å². The molecule has 0 radical (unpaired) electrons. The molecule has 2 N–H and O–H groups in total. The molecule has 3 aromatic carbocycles. The lowest BCUT2D eigenvalue weighted by molar-refractivity contribution is -0.384. The van der Waals surface area contributed by atoms with E-state index in [-0.39, 0.29) is 10.6 Å². The number of hydrogen-bond donors (Lipinski definition) is 1. The lowest BCUT2D eigenvalue weighted by Crippen LogP contribution is -1.97. The molecule has 0 saturated heterocycles. The molecule has 0 spiro atoms. The fourth-order valence-electron chi connectivity index (χ4n) is 2.71. The summed E-state index contributed by atoms with van der Waals surface area (Å²) >= 11 is 0. The number of para-hydroxylation sites is 1. The van der Waals surface area contributed by atoms with Crippen LogP contribution < -0.4 is 10.5 Å². The minimum atomic E-state index is -0.384. The highest BCUT2D eigenvalue weighted by Gasteiger charge is 2.19. The summed E-state index contributed by atoms with van der Waals surface area (Å²) in [5.41, 5.74) is 9.51. The van der Waals surface area contributed by atoms with Crippen LogP contribution in [0.4, 0.5) is 11.4 Å². The van der Waals surface area contributed by atoms with Crippen LogP contribution in [0, 0.1) is 10.1 Å². The van der Waals surface area contributed by atoms with Crippen molar-refractivity contribution in [2.24, 2.45) is 0 Å². The number of ether oxygens (including phenoxy) is 1. The lowest BCUT2D eigenvalue weighted by Gasteiger charge is -2.14. The monoisotopic (exact) mass is 320 g/mol. The van der Waals surface area contributed by atoms with E-state index in [9.17, 15) is 10.1 Å². The molecule has 0 bridgehead atoms. The molecule has 5 nitrogen and oxygen atoms in total. The summed E-state index contributed by atoms with van der Waals surface area (Å²) in [6.45, 7) is 0. The van der Waals surface area contributed by atoms with Gasteiger partial charge in [0.05, 0.1) is 23.3 Å². The fourth-order valence-corrected chi connectivity index (χ4v) is 2.71. The quantitative estimate of drug-likeness (QED) is 0.435. The topological polar surface area (TPSA) is 78.4 Å². The SMILES string of the molecule is COc1cc(-c2ccccc2)c(-c2ccccc2[N+](=O)[O-])cc1N. The molecule has 0 aliphatic rings. The zero-order valence-corrected chi connectivity index (χ0v) is 13.1. The van der Waals surface area contributed by atoms with Crippen LogP contribution in [0.5, 0.6) is 5.75 Å². The van der Waals surface area contributed by atoms with E-state index in [1.54, 1.807) is 31.4 Å². The van der Waals surface area contributed by atoms with Crippen LogP contribution in [0.25, 0.3) is 22.3 Å². The van der Waals surface area contributed by atoms with E-state index in [0.717, 1.165) is 11.1 Å². The zero-order valence-electron chi connectivity index (χ0n) is 13.1. The Morgan fingerprint density at radius 2 is 1.58 bits per heavy atom. The molecule has 3 aromatic rings. The Labute approximate surface area is 139 Å². The van der Waals surface area contributed by atoms with Crippen LogP contribution in [-0.4, -0.2) is 12.0 Å². The van der Waals surface area contributed by atoms with Crippen LogP contribution in [-0.2, 0) is 0 Å². The number of methoxy groups -OCH3 is 1. The second-order valence-corrected chi connectivity index (χ2v) is 5.28. The van der Waals surface area contributed by atoms with Gasteiger partial charge in [-0.1, -0.05) is 42.5 Å². The van der Waals surface area contributed by atoms with Crippen molar-refractivity contribution in [3.8, 4) is 28.0 Å². The Bertz CT molecular complexity index is 892. The minimum Gasteiger partial charge on any atom is -0.495 e. The number of nitro groups is 1. The first-order valence-corrected chi connectivity index (χ1v) is 7.38. The van der Waals surface area contributed by atoms with E-state index in [0.29, 0.717) is 22.6 Å². The molecule has 0 aromatic heterocycles. The first-order chi connectivity index (χ1) is 11.6. The van der Waals surface area contributed by atoms with E-state index in [2.05, 4.69) is 0 Å². The number of nitro benzene ring substituents is 1.